The highest BCUT2D eigenvalue weighted by Crippen LogP contribution is 2.32. The molecular weight excluding hydrogens is 703 g/mol. The average molecular weight is 742 g/mol. The van der Waals surface area contributed by atoms with Gasteiger partial charge in [-0.25, -0.2) is 27.3 Å². The third-order valence-corrected chi connectivity index (χ3v) is 7.88. The van der Waals surface area contributed by atoms with Gasteiger partial charge in [-0.2, -0.15) is 0 Å². The van der Waals surface area contributed by atoms with Gasteiger partial charge in [0.15, 0.2) is 6.10 Å². The number of halogens is 3. The van der Waals surface area contributed by atoms with Crippen molar-refractivity contribution in [3.8, 4) is 5.75 Å². The van der Waals surface area contributed by atoms with Gasteiger partial charge in [-0.05, 0) is 55.3 Å². The van der Waals surface area contributed by atoms with Crippen LogP contribution in [-0.4, -0.2) is 95.5 Å². The fourth-order valence-corrected chi connectivity index (χ4v) is 5.07. The van der Waals surface area contributed by atoms with E-state index in [2.05, 4.69) is 5.32 Å². The summed E-state index contributed by atoms with van der Waals surface area (Å²) in [6.45, 7) is -0.466. The number of hydrogen-bond donors (Lipinski definition) is 2. The molecule has 0 fully saturated rings. The molecule has 0 aliphatic heterocycles. The molecule has 4 rings (SSSR count). The highest BCUT2D eigenvalue weighted by Gasteiger charge is 2.26. The zero-order chi connectivity index (χ0) is 38.8. The highest BCUT2D eigenvalue weighted by atomic mass is 19.1. The number of hydrogen-bond acceptors (Lipinski definition) is 8. The van der Waals surface area contributed by atoms with Gasteiger partial charge in [0.2, 0.25) is 5.91 Å². The van der Waals surface area contributed by atoms with Gasteiger partial charge in [0.25, 0.3) is 11.5 Å². The minimum absolute atomic E-state index is 0.00597. The maximum atomic E-state index is 14.7. The molecule has 2 heterocycles. The van der Waals surface area contributed by atoms with Crippen molar-refractivity contribution in [3.05, 3.63) is 106 Å². The number of aromatic nitrogens is 2. The van der Waals surface area contributed by atoms with Gasteiger partial charge < -0.3 is 39.0 Å². The third kappa shape index (κ3) is 10.2. The fourth-order valence-electron chi connectivity index (χ4n) is 5.07. The number of carbonyl (C=O) groups excluding carboxylic acids is 3. The third-order valence-electron chi connectivity index (χ3n) is 7.88. The maximum absolute atomic E-state index is 14.7. The number of likely N-dealkylation sites (N-methyl/N-ethyl adjacent to an activating group) is 2. The Labute approximate surface area is 301 Å². The number of fused-ring (bicyclic) bond motifs is 1. The molecule has 0 bridgehead atoms. The Morgan fingerprint density at radius 1 is 1.02 bits per heavy atom. The summed E-state index contributed by atoms with van der Waals surface area (Å²) in [5.74, 6) is -3.89. The predicted molar refractivity (Wildman–Crippen MR) is 186 cm³/mol. The molecule has 3 amide bonds. The van der Waals surface area contributed by atoms with Crippen LogP contribution in [0, 0.1) is 17.5 Å². The van der Waals surface area contributed by atoms with Crippen LogP contribution < -0.4 is 15.6 Å². The fraction of sp³-hybridized carbons (Fsp3) is 0.306. The van der Waals surface area contributed by atoms with E-state index in [0.29, 0.717) is 6.07 Å². The monoisotopic (exact) mass is 741 g/mol. The molecule has 14 nitrogen and oxygen atoms in total. The molecule has 1 atom stereocenters. The normalized spacial score (nSPS) is 11.8. The van der Waals surface area contributed by atoms with Crippen LogP contribution in [0.4, 0.5) is 28.4 Å². The molecule has 2 N–H and O–H groups in total. The first kappa shape index (κ1) is 39.7. The number of nitrogens with zero attached hydrogens (tertiary/aromatic N) is 4. The van der Waals surface area contributed by atoms with E-state index in [1.54, 1.807) is 14.1 Å². The number of benzene rings is 2. The summed E-state index contributed by atoms with van der Waals surface area (Å²) >= 11 is 0. The van der Waals surface area contributed by atoms with Crippen molar-refractivity contribution < 1.29 is 51.7 Å². The molecule has 2 aromatic heterocycles. The van der Waals surface area contributed by atoms with E-state index < -0.39 is 53.8 Å². The van der Waals surface area contributed by atoms with Crippen molar-refractivity contribution in [1.82, 2.24) is 18.9 Å². The molecule has 17 heteroatoms. The lowest BCUT2D eigenvalue weighted by Gasteiger charge is -2.22. The van der Waals surface area contributed by atoms with E-state index in [9.17, 15) is 42.3 Å². The Hall–Kier alpha value is -6.10. The van der Waals surface area contributed by atoms with Gasteiger partial charge in [-0.15, -0.1) is 0 Å². The molecule has 0 saturated carbocycles. The lowest BCUT2D eigenvalue weighted by Crippen LogP contribution is -2.39. The molecule has 4 aromatic rings. The van der Waals surface area contributed by atoms with Crippen LogP contribution in [0.25, 0.3) is 10.9 Å². The number of pyridine rings is 1. The van der Waals surface area contributed by atoms with Crippen LogP contribution in [-0.2, 0) is 32.2 Å². The Bertz CT molecular complexity index is 2080. The van der Waals surface area contributed by atoms with Gasteiger partial charge >= 0.3 is 12.2 Å². The van der Waals surface area contributed by atoms with E-state index in [4.69, 9.17) is 14.2 Å². The lowest BCUT2D eigenvalue weighted by molar-refractivity contribution is -0.125. The van der Waals surface area contributed by atoms with Gasteiger partial charge in [0.1, 0.15) is 41.0 Å². The molecule has 53 heavy (non-hydrogen) atoms. The summed E-state index contributed by atoms with van der Waals surface area (Å²) < 4.78 is 60.2. The maximum Gasteiger partial charge on any atom is 0.416 e. The van der Waals surface area contributed by atoms with E-state index in [1.807, 2.05) is 0 Å². The summed E-state index contributed by atoms with van der Waals surface area (Å²) in [6.07, 6.45) is 0.576. The first-order valence-electron chi connectivity index (χ1n) is 16.1. The van der Waals surface area contributed by atoms with E-state index in [0.717, 1.165) is 33.4 Å². The van der Waals surface area contributed by atoms with Crippen LogP contribution in [0.1, 0.15) is 24.1 Å². The number of methoxy groups -OCH3 is 1. The Morgan fingerprint density at radius 3 is 2.45 bits per heavy atom. The number of anilines is 1. The Kier molecular flexibility index (Phi) is 13.4. The zero-order valence-electron chi connectivity index (χ0n) is 29.3. The molecule has 282 valence electrons. The number of allylic oxidation sites excluding steroid dienone is 1. The first-order valence-corrected chi connectivity index (χ1v) is 16.1. The summed E-state index contributed by atoms with van der Waals surface area (Å²) in [6, 6.07) is 8.84. The second-order valence-corrected chi connectivity index (χ2v) is 12.0. The summed E-state index contributed by atoms with van der Waals surface area (Å²) in [5, 5.41) is 12.8. The number of carbonyl (C=O) groups is 4. The number of nitrogens with one attached hydrogen (secondary N) is 1. The Balaban J connectivity index is 1.60. The van der Waals surface area contributed by atoms with Gasteiger partial charge in [0.05, 0.1) is 18.8 Å². The SMILES string of the molecule is COCCN(C)C(=O)OC(CCC=CC(=O)N(C)C)C(=O)Nc1cccn(Cc2cc3cc(F)cc(OCc4ccc(F)cc4F)c3n2C(=O)O)c1=O. The van der Waals surface area contributed by atoms with Crippen LogP contribution in [0.2, 0.25) is 0 Å². The molecule has 0 aliphatic rings. The van der Waals surface area contributed by atoms with Crippen LogP contribution >= 0.6 is 0 Å². The minimum atomic E-state index is -1.50. The van der Waals surface area contributed by atoms with Crippen molar-refractivity contribution in [1.29, 1.82) is 0 Å². The predicted octanol–water partition coefficient (Wildman–Crippen LogP) is 4.82. The van der Waals surface area contributed by atoms with E-state index >= 15 is 0 Å². The van der Waals surface area contributed by atoms with Crippen molar-refractivity contribution in [2.75, 3.05) is 46.7 Å². The molecular formula is C36H38F3N5O9. The average Bonchev–Trinajstić information content (AvgIpc) is 3.47. The number of amides is 3. The van der Waals surface area contributed by atoms with Crippen LogP contribution in [0.3, 0.4) is 0 Å². The molecule has 0 spiro atoms. The second-order valence-electron chi connectivity index (χ2n) is 12.0. The van der Waals surface area contributed by atoms with Gasteiger partial charge in [-0.1, -0.05) is 6.08 Å². The topological polar surface area (TPSA) is 162 Å². The minimum Gasteiger partial charge on any atom is -0.486 e. The number of rotatable bonds is 15. The quantitative estimate of drug-likeness (QED) is 0.163. The first-order chi connectivity index (χ1) is 25.2. The standard InChI is InChI=1S/C36H38F3N5O9/c1-41(2)31(45)10-6-5-9-29(53-36(50)42(3)14-15-51-4)33(46)40-28-8-7-13-43(34(28)47)20-26-17-23-16-25(38)19-30(32(23)44(26)35(48)49)52-21-22-11-12-24(37)18-27(22)39/h6-8,10-13,16-19,29H,5,9,14-15,20-21H2,1-4H3,(H,40,46)(H,48,49). The Morgan fingerprint density at radius 2 is 1.77 bits per heavy atom. The summed E-state index contributed by atoms with van der Waals surface area (Å²) in [5.41, 5.74) is -1.12. The second kappa shape index (κ2) is 17.9. The summed E-state index contributed by atoms with van der Waals surface area (Å²) in [4.78, 5) is 66.7. The van der Waals surface area contributed by atoms with Gasteiger partial charge in [0, 0.05) is 64.1 Å². The van der Waals surface area contributed by atoms with Crippen LogP contribution in [0.15, 0.2) is 71.7 Å². The van der Waals surface area contributed by atoms with Crippen LogP contribution in [0.5, 0.6) is 5.75 Å². The highest BCUT2D eigenvalue weighted by molar-refractivity contribution is 5.96. The van der Waals surface area contributed by atoms with Crippen molar-refractivity contribution in [3.63, 3.8) is 0 Å². The molecule has 0 aliphatic carbocycles. The largest absolute Gasteiger partial charge is 0.486 e. The zero-order valence-corrected chi connectivity index (χ0v) is 29.3. The van der Waals surface area contributed by atoms with E-state index in [-0.39, 0.29) is 72.0 Å². The molecule has 2 aromatic carbocycles. The van der Waals surface area contributed by atoms with E-state index in [1.165, 1.54) is 60.5 Å². The van der Waals surface area contributed by atoms with Crippen molar-refractivity contribution in [2.24, 2.45) is 0 Å². The smallest absolute Gasteiger partial charge is 0.416 e. The summed E-state index contributed by atoms with van der Waals surface area (Å²) in [7, 11) is 6.05. The molecule has 0 saturated heterocycles. The lowest BCUT2D eigenvalue weighted by atomic mass is 10.1. The van der Waals surface area contributed by atoms with Crippen molar-refractivity contribution >= 4 is 40.6 Å². The van der Waals surface area contributed by atoms with Gasteiger partial charge in [-0.3, -0.25) is 14.4 Å². The molecule has 1 unspecified atom stereocenters. The molecule has 0 radical (unpaired) electrons. The number of ether oxygens (including phenoxy) is 3. The van der Waals surface area contributed by atoms with Crippen molar-refractivity contribution in [2.45, 2.75) is 32.1 Å². The number of carboxylic acid groups (broad SMARTS) is 1.